The zero-order valence-corrected chi connectivity index (χ0v) is 11.6. The third kappa shape index (κ3) is 3.45. The molecule has 0 aliphatic heterocycles. The lowest BCUT2D eigenvalue weighted by Crippen LogP contribution is -2.23. The quantitative estimate of drug-likeness (QED) is 0.647. The van der Waals surface area contributed by atoms with Gasteiger partial charge < -0.3 is 14.6 Å². The summed E-state index contributed by atoms with van der Waals surface area (Å²) in [5.41, 5.74) is -0.0370. The summed E-state index contributed by atoms with van der Waals surface area (Å²) < 4.78 is 44.7. The van der Waals surface area contributed by atoms with E-state index in [1.807, 2.05) is 0 Å². The van der Waals surface area contributed by atoms with Crippen LogP contribution in [-0.4, -0.2) is 26.5 Å². The van der Waals surface area contributed by atoms with E-state index in [0.29, 0.717) is 12.1 Å². The third-order valence-corrected chi connectivity index (χ3v) is 3.92. The maximum Gasteiger partial charge on any atom is 0.256 e. The molecule has 7 heteroatoms. The van der Waals surface area contributed by atoms with Gasteiger partial charge in [-0.25, -0.2) is 13.2 Å². The van der Waals surface area contributed by atoms with E-state index in [1.165, 1.54) is 12.1 Å². The van der Waals surface area contributed by atoms with E-state index in [1.54, 1.807) is 12.1 Å². The standard InChI is InChI=1S/C13H11F3O3Si/c14-8-5-10(15)12(11(16)6-8)7-1-3-9(4-2-7)20-19-13(17)18/h1-6,13,17-18H,20H2. The van der Waals surface area contributed by atoms with Crippen molar-refractivity contribution in [3.8, 4) is 11.1 Å². The van der Waals surface area contributed by atoms with Crippen molar-refractivity contribution >= 4 is 14.9 Å². The Morgan fingerprint density at radius 3 is 2.00 bits per heavy atom. The monoisotopic (exact) mass is 300 g/mol. The summed E-state index contributed by atoms with van der Waals surface area (Å²) >= 11 is 0. The number of aliphatic hydroxyl groups is 2. The smallest absolute Gasteiger partial charge is 0.256 e. The zero-order valence-electron chi connectivity index (χ0n) is 10.2. The Bertz CT molecular complexity index is 579. The topological polar surface area (TPSA) is 49.7 Å². The van der Waals surface area contributed by atoms with E-state index >= 15 is 0 Å². The van der Waals surface area contributed by atoms with Crippen LogP contribution in [0, 0.1) is 17.5 Å². The molecule has 0 amide bonds. The van der Waals surface area contributed by atoms with E-state index in [4.69, 9.17) is 10.2 Å². The Morgan fingerprint density at radius 1 is 0.950 bits per heavy atom. The molecule has 0 saturated carbocycles. The fourth-order valence-electron chi connectivity index (χ4n) is 1.76. The molecule has 0 fully saturated rings. The highest BCUT2D eigenvalue weighted by atomic mass is 28.2. The van der Waals surface area contributed by atoms with Crippen LogP contribution in [0.4, 0.5) is 13.2 Å². The Hall–Kier alpha value is -1.67. The van der Waals surface area contributed by atoms with Crippen molar-refractivity contribution in [3.63, 3.8) is 0 Å². The maximum absolute atomic E-state index is 13.6. The molecule has 0 spiro atoms. The van der Waals surface area contributed by atoms with E-state index < -0.39 is 33.7 Å². The van der Waals surface area contributed by atoms with Crippen LogP contribution in [0.2, 0.25) is 0 Å². The molecule has 20 heavy (non-hydrogen) atoms. The molecule has 0 unspecified atom stereocenters. The average Bonchev–Trinajstić information content (AvgIpc) is 2.36. The van der Waals surface area contributed by atoms with E-state index in [-0.39, 0.29) is 11.1 Å². The number of halogens is 3. The lowest BCUT2D eigenvalue weighted by molar-refractivity contribution is -0.179. The molecule has 0 aliphatic rings. The molecule has 0 radical (unpaired) electrons. The maximum atomic E-state index is 13.6. The highest BCUT2D eigenvalue weighted by molar-refractivity contribution is 6.46. The number of aliphatic hydroxyl groups excluding tert-OH is 1. The van der Waals surface area contributed by atoms with Crippen molar-refractivity contribution in [1.29, 1.82) is 0 Å². The molecule has 0 aromatic heterocycles. The lowest BCUT2D eigenvalue weighted by Gasteiger charge is -2.08. The van der Waals surface area contributed by atoms with Gasteiger partial charge in [0.2, 0.25) is 0 Å². The minimum absolute atomic E-state index is 0.266. The van der Waals surface area contributed by atoms with Gasteiger partial charge in [-0.15, -0.1) is 0 Å². The summed E-state index contributed by atoms with van der Waals surface area (Å²) in [4.78, 5) is 0. The summed E-state index contributed by atoms with van der Waals surface area (Å²) in [5.74, 6) is -2.93. The molecular weight excluding hydrogens is 289 g/mol. The number of rotatable bonds is 4. The highest BCUT2D eigenvalue weighted by Gasteiger charge is 2.13. The molecule has 0 aliphatic carbocycles. The Kier molecular flexibility index (Phi) is 4.56. The fraction of sp³-hybridized carbons (Fsp3) is 0.0769. The molecule has 2 rings (SSSR count). The minimum Gasteiger partial charge on any atom is -0.373 e. The molecule has 0 bridgehead atoms. The van der Waals surface area contributed by atoms with Crippen LogP contribution in [0.15, 0.2) is 36.4 Å². The minimum atomic E-state index is -1.83. The molecular formula is C13H11F3O3Si. The average molecular weight is 300 g/mol. The Balaban J connectivity index is 2.26. The molecule has 3 nitrogen and oxygen atoms in total. The van der Waals surface area contributed by atoms with Gasteiger partial charge >= 0.3 is 0 Å². The van der Waals surface area contributed by atoms with Gasteiger partial charge in [-0.05, 0) is 10.8 Å². The second-order valence-corrected chi connectivity index (χ2v) is 5.52. The van der Waals surface area contributed by atoms with Crippen LogP contribution in [0.3, 0.4) is 0 Å². The van der Waals surface area contributed by atoms with Gasteiger partial charge in [0, 0.05) is 12.1 Å². The van der Waals surface area contributed by atoms with Crippen LogP contribution < -0.4 is 5.19 Å². The predicted octanol–water partition coefficient (Wildman–Crippen LogP) is 0.765. The summed E-state index contributed by atoms with van der Waals surface area (Å²) in [5, 5.41) is 17.9. The number of hydrogen-bond donors (Lipinski definition) is 2. The van der Waals surface area contributed by atoms with Gasteiger partial charge in [0.15, 0.2) is 9.76 Å². The first-order chi connectivity index (χ1) is 9.47. The van der Waals surface area contributed by atoms with Gasteiger partial charge in [-0.1, -0.05) is 24.3 Å². The van der Waals surface area contributed by atoms with Crippen LogP contribution >= 0.6 is 0 Å². The lowest BCUT2D eigenvalue weighted by atomic mass is 10.0. The zero-order chi connectivity index (χ0) is 14.7. The van der Waals surface area contributed by atoms with Crippen LogP contribution in [0.1, 0.15) is 0 Å². The van der Waals surface area contributed by atoms with E-state index in [2.05, 4.69) is 4.43 Å². The van der Waals surface area contributed by atoms with Gasteiger partial charge in [0.05, 0.1) is 5.56 Å². The molecule has 0 heterocycles. The van der Waals surface area contributed by atoms with Crippen LogP contribution in [0.5, 0.6) is 0 Å². The normalized spacial score (nSPS) is 11.7. The van der Waals surface area contributed by atoms with Crippen LogP contribution in [-0.2, 0) is 4.43 Å². The number of benzene rings is 2. The summed E-state index contributed by atoms with van der Waals surface area (Å²) in [6, 6.07) is 7.32. The van der Waals surface area contributed by atoms with E-state index in [9.17, 15) is 13.2 Å². The van der Waals surface area contributed by atoms with E-state index in [0.717, 1.165) is 5.19 Å². The Labute approximate surface area is 115 Å². The van der Waals surface area contributed by atoms with Gasteiger partial charge in [0.1, 0.15) is 17.5 Å². The summed E-state index contributed by atoms with van der Waals surface area (Å²) in [6.45, 7) is -1.83. The second-order valence-electron chi connectivity index (χ2n) is 4.08. The SMILES string of the molecule is OC(O)O[SiH2]c1ccc(-c2c(F)cc(F)cc2F)cc1. The van der Waals surface area contributed by atoms with Gasteiger partial charge in [-0.2, -0.15) is 0 Å². The highest BCUT2D eigenvalue weighted by Crippen LogP contribution is 2.26. The van der Waals surface area contributed by atoms with Crippen molar-refractivity contribution in [2.24, 2.45) is 0 Å². The fourth-order valence-corrected chi connectivity index (χ4v) is 2.53. The van der Waals surface area contributed by atoms with Crippen molar-refractivity contribution in [2.45, 2.75) is 6.48 Å². The first-order valence-corrected chi connectivity index (χ1v) is 6.97. The van der Waals surface area contributed by atoms with Crippen LogP contribution in [0.25, 0.3) is 11.1 Å². The molecule has 2 aromatic rings. The molecule has 0 atom stereocenters. The van der Waals surface area contributed by atoms with Gasteiger partial charge in [-0.3, -0.25) is 0 Å². The van der Waals surface area contributed by atoms with Gasteiger partial charge in [0.25, 0.3) is 6.48 Å². The third-order valence-electron chi connectivity index (χ3n) is 2.65. The first kappa shape index (κ1) is 14.7. The first-order valence-electron chi connectivity index (χ1n) is 5.69. The molecule has 106 valence electrons. The number of hydrogen-bond acceptors (Lipinski definition) is 3. The second kappa shape index (κ2) is 6.19. The summed E-state index contributed by atoms with van der Waals surface area (Å²) in [6.07, 6.45) is 0. The largest absolute Gasteiger partial charge is 0.373 e. The predicted molar refractivity (Wildman–Crippen MR) is 69.2 cm³/mol. The van der Waals surface area contributed by atoms with Crippen molar-refractivity contribution in [3.05, 3.63) is 53.8 Å². The molecule has 0 saturated heterocycles. The molecule has 2 N–H and O–H groups in total. The summed E-state index contributed by atoms with van der Waals surface area (Å²) in [7, 11) is -1.33. The molecule has 2 aromatic carbocycles. The van der Waals surface area contributed by atoms with Crippen molar-refractivity contribution < 1.29 is 27.8 Å². The Morgan fingerprint density at radius 2 is 1.50 bits per heavy atom. The van der Waals surface area contributed by atoms with Crippen molar-refractivity contribution in [1.82, 2.24) is 0 Å². The van der Waals surface area contributed by atoms with Crippen molar-refractivity contribution in [2.75, 3.05) is 0 Å².